The molecule has 0 saturated heterocycles. The van der Waals surface area contributed by atoms with Gasteiger partial charge in [-0.2, -0.15) is 0 Å². The van der Waals surface area contributed by atoms with Gasteiger partial charge in [0.15, 0.2) is 0 Å². The van der Waals surface area contributed by atoms with Gasteiger partial charge in [0.05, 0.1) is 0 Å². The van der Waals surface area contributed by atoms with Gasteiger partial charge in [-0.3, -0.25) is 4.79 Å². The molecular weight excluding hydrogens is 274 g/mol. The van der Waals surface area contributed by atoms with Crippen molar-refractivity contribution in [2.24, 2.45) is 5.92 Å². The molecule has 1 aromatic heterocycles. The number of hydrogen-bond acceptors (Lipinski definition) is 2. The van der Waals surface area contributed by atoms with Crippen molar-refractivity contribution in [1.82, 2.24) is 5.32 Å². The summed E-state index contributed by atoms with van der Waals surface area (Å²) < 4.78 is 5.82. The lowest BCUT2D eigenvalue weighted by Crippen LogP contribution is -2.25. The van der Waals surface area contributed by atoms with Crippen LogP contribution in [0.2, 0.25) is 0 Å². The van der Waals surface area contributed by atoms with Crippen molar-refractivity contribution in [2.75, 3.05) is 6.54 Å². The first-order valence-corrected chi connectivity index (χ1v) is 8.11. The quantitative estimate of drug-likeness (QED) is 0.847. The van der Waals surface area contributed by atoms with E-state index in [1.807, 2.05) is 24.3 Å². The normalized spacial score (nSPS) is 19.9. The molecule has 3 heteroatoms. The SMILES string of the molecule is C[C@H]1C[C@H]1c1ccc(CCC(=O)NCCc2ccccc2)o1. The fourth-order valence-corrected chi connectivity index (χ4v) is 2.76. The first kappa shape index (κ1) is 14.9. The van der Waals surface area contributed by atoms with Crippen LogP contribution in [0.3, 0.4) is 0 Å². The minimum atomic E-state index is 0.0914. The highest BCUT2D eigenvalue weighted by atomic mass is 16.3. The van der Waals surface area contributed by atoms with Gasteiger partial charge in [0.2, 0.25) is 5.91 Å². The van der Waals surface area contributed by atoms with Crippen LogP contribution in [0.1, 0.15) is 42.8 Å². The van der Waals surface area contributed by atoms with Crippen molar-refractivity contribution in [2.45, 2.75) is 38.5 Å². The number of aryl methyl sites for hydroxylation is 1. The molecule has 116 valence electrons. The molecule has 1 fully saturated rings. The molecule has 0 unspecified atom stereocenters. The Kier molecular flexibility index (Phi) is 4.62. The largest absolute Gasteiger partial charge is 0.466 e. The lowest BCUT2D eigenvalue weighted by Gasteiger charge is -2.04. The zero-order valence-electron chi connectivity index (χ0n) is 13.0. The van der Waals surface area contributed by atoms with Gasteiger partial charge in [0.25, 0.3) is 0 Å². The van der Waals surface area contributed by atoms with Crippen LogP contribution in [0.5, 0.6) is 0 Å². The van der Waals surface area contributed by atoms with Gasteiger partial charge in [-0.05, 0) is 36.5 Å². The van der Waals surface area contributed by atoms with E-state index in [4.69, 9.17) is 4.42 Å². The monoisotopic (exact) mass is 297 g/mol. The lowest BCUT2D eigenvalue weighted by molar-refractivity contribution is -0.121. The summed E-state index contributed by atoms with van der Waals surface area (Å²) in [6.07, 6.45) is 3.27. The maximum Gasteiger partial charge on any atom is 0.220 e. The van der Waals surface area contributed by atoms with E-state index < -0.39 is 0 Å². The number of furan rings is 1. The number of hydrogen-bond donors (Lipinski definition) is 1. The second kappa shape index (κ2) is 6.82. The number of nitrogens with one attached hydrogen (secondary N) is 1. The highest BCUT2D eigenvalue weighted by molar-refractivity contribution is 5.76. The van der Waals surface area contributed by atoms with Crippen molar-refractivity contribution in [3.8, 4) is 0 Å². The Morgan fingerprint density at radius 1 is 1.18 bits per heavy atom. The predicted octanol–water partition coefficient (Wildman–Crippen LogP) is 3.69. The van der Waals surface area contributed by atoms with Gasteiger partial charge in [-0.1, -0.05) is 37.3 Å². The molecule has 1 N–H and O–H groups in total. The van der Waals surface area contributed by atoms with E-state index in [9.17, 15) is 4.79 Å². The van der Waals surface area contributed by atoms with E-state index in [1.165, 1.54) is 12.0 Å². The maximum absolute atomic E-state index is 11.9. The molecule has 1 aliphatic carbocycles. The number of rotatable bonds is 7. The molecule has 0 bridgehead atoms. The van der Waals surface area contributed by atoms with Gasteiger partial charge >= 0.3 is 0 Å². The third-order valence-corrected chi connectivity index (χ3v) is 4.33. The standard InChI is InChI=1S/C19H23NO2/c1-14-13-17(14)18-9-7-16(22-18)8-10-19(21)20-12-11-15-5-3-2-4-6-15/h2-7,9,14,17H,8,10-13H2,1H3,(H,20,21)/t14-,17+/m0/s1. The second-order valence-electron chi connectivity index (χ2n) is 6.21. The van der Waals surface area contributed by atoms with E-state index in [0.29, 0.717) is 25.3 Å². The molecule has 1 aromatic carbocycles. The molecule has 1 amide bonds. The van der Waals surface area contributed by atoms with Crippen LogP contribution < -0.4 is 5.32 Å². The van der Waals surface area contributed by atoms with Crippen molar-refractivity contribution < 1.29 is 9.21 Å². The van der Waals surface area contributed by atoms with Gasteiger partial charge in [0.1, 0.15) is 11.5 Å². The van der Waals surface area contributed by atoms with Crippen LogP contribution in [-0.2, 0) is 17.6 Å². The Bertz CT molecular complexity index is 617. The third kappa shape index (κ3) is 4.00. The number of benzene rings is 1. The van der Waals surface area contributed by atoms with E-state index in [2.05, 4.69) is 30.4 Å². The maximum atomic E-state index is 11.9. The van der Waals surface area contributed by atoms with E-state index in [1.54, 1.807) is 0 Å². The van der Waals surface area contributed by atoms with Crippen LogP contribution in [0.4, 0.5) is 0 Å². The Morgan fingerprint density at radius 2 is 1.95 bits per heavy atom. The summed E-state index contributed by atoms with van der Waals surface area (Å²) in [6.45, 7) is 2.93. The summed E-state index contributed by atoms with van der Waals surface area (Å²) >= 11 is 0. The van der Waals surface area contributed by atoms with Gasteiger partial charge < -0.3 is 9.73 Å². The van der Waals surface area contributed by atoms with Crippen LogP contribution in [0.15, 0.2) is 46.9 Å². The van der Waals surface area contributed by atoms with Gasteiger partial charge in [0, 0.05) is 25.3 Å². The molecule has 0 aliphatic heterocycles. The molecule has 1 saturated carbocycles. The highest BCUT2D eigenvalue weighted by Crippen LogP contribution is 2.47. The Hall–Kier alpha value is -2.03. The summed E-state index contributed by atoms with van der Waals surface area (Å²) in [5.74, 6) is 3.46. The second-order valence-corrected chi connectivity index (χ2v) is 6.21. The molecule has 2 aromatic rings. The zero-order valence-corrected chi connectivity index (χ0v) is 13.0. The number of carbonyl (C=O) groups excluding carboxylic acids is 1. The first-order valence-electron chi connectivity index (χ1n) is 8.11. The van der Waals surface area contributed by atoms with Gasteiger partial charge in [-0.25, -0.2) is 0 Å². The smallest absolute Gasteiger partial charge is 0.220 e. The van der Waals surface area contributed by atoms with Crippen LogP contribution >= 0.6 is 0 Å². The third-order valence-electron chi connectivity index (χ3n) is 4.33. The molecule has 0 spiro atoms. The van der Waals surface area contributed by atoms with Crippen molar-refractivity contribution in [1.29, 1.82) is 0 Å². The fourth-order valence-electron chi connectivity index (χ4n) is 2.76. The van der Waals surface area contributed by atoms with Crippen molar-refractivity contribution in [3.05, 3.63) is 59.5 Å². The molecule has 0 radical (unpaired) electrons. The Balaban J connectivity index is 1.36. The van der Waals surface area contributed by atoms with E-state index in [-0.39, 0.29) is 5.91 Å². The van der Waals surface area contributed by atoms with Crippen LogP contribution in [0, 0.1) is 5.92 Å². The van der Waals surface area contributed by atoms with Gasteiger partial charge in [-0.15, -0.1) is 0 Å². The molecule has 1 aliphatic rings. The summed E-state index contributed by atoms with van der Waals surface area (Å²) in [5.41, 5.74) is 1.25. The van der Waals surface area contributed by atoms with Crippen LogP contribution in [0.25, 0.3) is 0 Å². The molecule has 1 heterocycles. The summed E-state index contributed by atoms with van der Waals surface area (Å²) in [4.78, 5) is 11.9. The number of amides is 1. The van der Waals surface area contributed by atoms with E-state index >= 15 is 0 Å². The van der Waals surface area contributed by atoms with Crippen molar-refractivity contribution in [3.63, 3.8) is 0 Å². The summed E-state index contributed by atoms with van der Waals surface area (Å²) in [6, 6.07) is 14.3. The Morgan fingerprint density at radius 3 is 2.68 bits per heavy atom. The summed E-state index contributed by atoms with van der Waals surface area (Å²) in [7, 11) is 0. The highest BCUT2D eigenvalue weighted by Gasteiger charge is 2.36. The topological polar surface area (TPSA) is 42.2 Å². The molecular formula is C19H23NO2. The van der Waals surface area contributed by atoms with Crippen molar-refractivity contribution >= 4 is 5.91 Å². The number of carbonyl (C=O) groups is 1. The minimum Gasteiger partial charge on any atom is -0.466 e. The molecule has 3 rings (SSSR count). The molecule has 2 atom stereocenters. The lowest BCUT2D eigenvalue weighted by atomic mass is 10.1. The first-order chi connectivity index (χ1) is 10.7. The zero-order chi connectivity index (χ0) is 15.4. The molecule has 3 nitrogen and oxygen atoms in total. The van der Waals surface area contributed by atoms with E-state index in [0.717, 1.165) is 23.9 Å². The average molecular weight is 297 g/mol. The average Bonchev–Trinajstić information content (AvgIpc) is 3.08. The fraction of sp³-hybridized carbons (Fsp3) is 0.421. The molecule has 22 heavy (non-hydrogen) atoms. The Labute approximate surface area is 131 Å². The minimum absolute atomic E-state index is 0.0914. The predicted molar refractivity (Wildman–Crippen MR) is 86.7 cm³/mol. The van der Waals surface area contributed by atoms with Crippen LogP contribution in [-0.4, -0.2) is 12.5 Å². The summed E-state index contributed by atoms with van der Waals surface area (Å²) in [5, 5.41) is 2.97.